The molecular formula is C19H13F3N2O2S. The van der Waals surface area contributed by atoms with Gasteiger partial charge in [-0.2, -0.15) is 0 Å². The molecule has 1 atom stereocenters. The fourth-order valence-corrected chi connectivity index (χ4v) is 4.11. The van der Waals surface area contributed by atoms with Crippen LogP contribution in [0.5, 0.6) is 0 Å². The number of fused-ring (bicyclic) bond motifs is 2. The van der Waals surface area contributed by atoms with Crippen LogP contribution in [0.1, 0.15) is 23.5 Å². The van der Waals surface area contributed by atoms with Crippen molar-refractivity contribution in [1.29, 1.82) is 0 Å². The smallest absolute Gasteiger partial charge is 0.326 e. The molecule has 2 aromatic heterocycles. The van der Waals surface area contributed by atoms with Crippen molar-refractivity contribution in [3.8, 4) is 0 Å². The van der Waals surface area contributed by atoms with Gasteiger partial charge in [0, 0.05) is 29.6 Å². The van der Waals surface area contributed by atoms with E-state index in [1.807, 2.05) is 24.3 Å². The maximum atomic E-state index is 13.9. The zero-order chi connectivity index (χ0) is 19.3. The molecule has 0 aliphatic carbocycles. The van der Waals surface area contributed by atoms with Crippen LogP contribution in [0, 0.1) is 17.5 Å². The Morgan fingerprint density at radius 1 is 1.26 bits per heavy atom. The van der Waals surface area contributed by atoms with Gasteiger partial charge in [-0.1, -0.05) is 18.2 Å². The zero-order valence-corrected chi connectivity index (χ0v) is 14.9. The van der Waals surface area contributed by atoms with Crippen molar-refractivity contribution >= 4 is 38.4 Å². The molecule has 0 saturated carbocycles. The van der Waals surface area contributed by atoms with Crippen molar-refractivity contribution in [2.75, 3.05) is 0 Å². The second-order valence-corrected chi connectivity index (χ2v) is 7.29. The monoisotopic (exact) mass is 390 g/mol. The lowest BCUT2D eigenvalue weighted by Gasteiger charge is -2.09. The molecule has 0 aliphatic heterocycles. The highest BCUT2D eigenvalue weighted by Crippen LogP contribution is 2.32. The molecule has 0 aliphatic rings. The molecule has 0 fully saturated rings. The number of carboxylic acids is 1. The minimum atomic E-state index is -1.27. The quantitative estimate of drug-likeness (QED) is 0.504. The summed E-state index contributed by atoms with van der Waals surface area (Å²) in [5.74, 6) is -4.27. The van der Waals surface area contributed by atoms with Gasteiger partial charge in [0.05, 0.1) is 9.71 Å². The van der Waals surface area contributed by atoms with Crippen LogP contribution in [0.2, 0.25) is 0 Å². The second-order valence-electron chi connectivity index (χ2n) is 6.21. The number of halogens is 3. The summed E-state index contributed by atoms with van der Waals surface area (Å²) in [6.07, 6.45) is 1.96. The summed E-state index contributed by atoms with van der Waals surface area (Å²) in [4.78, 5) is 15.4. The Labute approximate surface area is 155 Å². The van der Waals surface area contributed by atoms with Gasteiger partial charge in [0.25, 0.3) is 0 Å². The predicted octanol–water partition coefficient (Wildman–Crippen LogP) is 4.90. The molecule has 0 radical (unpaired) electrons. The van der Waals surface area contributed by atoms with E-state index in [-0.39, 0.29) is 16.6 Å². The molecule has 4 nitrogen and oxygen atoms in total. The number of hydrogen-bond donors (Lipinski definition) is 1. The first-order valence-corrected chi connectivity index (χ1v) is 8.92. The molecule has 4 aromatic rings. The Bertz CT molecular complexity index is 1200. The van der Waals surface area contributed by atoms with Crippen LogP contribution in [0.25, 0.3) is 21.1 Å². The second kappa shape index (κ2) is 6.38. The molecule has 2 heterocycles. The first kappa shape index (κ1) is 17.5. The Hall–Kier alpha value is -2.87. The number of aromatic nitrogens is 2. The molecule has 1 unspecified atom stereocenters. The number of para-hydroxylation sites is 1. The van der Waals surface area contributed by atoms with Gasteiger partial charge in [-0.15, -0.1) is 11.3 Å². The van der Waals surface area contributed by atoms with Crippen molar-refractivity contribution in [1.82, 2.24) is 9.55 Å². The largest absolute Gasteiger partial charge is 0.480 e. The van der Waals surface area contributed by atoms with Crippen molar-refractivity contribution in [3.63, 3.8) is 0 Å². The van der Waals surface area contributed by atoms with Crippen molar-refractivity contribution in [2.45, 2.75) is 19.4 Å². The van der Waals surface area contributed by atoms with Crippen LogP contribution >= 0.6 is 11.3 Å². The van der Waals surface area contributed by atoms with Gasteiger partial charge in [0.1, 0.15) is 17.4 Å². The number of aliphatic carboxylic acids is 1. The van der Waals surface area contributed by atoms with Gasteiger partial charge in [0.2, 0.25) is 0 Å². The minimum absolute atomic E-state index is 0.0356. The van der Waals surface area contributed by atoms with Crippen molar-refractivity contribution in [3.05, 3.63) is 64.6 Å². The molecule has 27 heavy (non-hydrogen) atoms. The minimum Gasteiger partial charge on any atom is -0.480 e. The summed E-state index contributed by atoms with van der Waals surface area (Å²) >= 11 is 0.956. The van der Waals surface area contributed by atoms with Gasteiger partial charge in [0.15, 0.2) is 11.6 Å². The standard InChI is InChI=1S/C19H13F3N2O2S/c1-9(19(25)26)24-8-10(11-4-2-3-5-14(11)24)6-15-23-17-16(22)12(20)7-13(21)18(17)27-15/h2-5,7-9H,6H2,1H3,(H,25,26). The first-order chi connectivity index (χ1) is 12.9. The number of carboxylic acid groups (broad SMARTS) is 1. The Morgan fingerprint density at radius 2 is 2.00 bits per heavy atom. The van der Waals surface area contributed by atoms with Crippen LogP contribution < -0.4 is 0 Å². The summed E-state index contributed by atoms with van der Waals surface area (Å²) in [6.45, 7) is 1.57. The fraction of sp³-hybridized carbons (Fsp3) is 0.158. The van der Waals surface area contributed by atoms with Crippen LogP contribution in [0.15, 0.2) is 36.5 Å². The van der Waals surface area contributed by atoms with Gasteiger partial charge >= 0.3 is 5.97 Å². The zero-order valence-electron chi connectivity index (χ0n) is 14.0. The number of nitrogens with zero attached hydrogens (tertiary/aromatic N) is 2. The van der Waals surface area contributed by atoms with E-state index in [2.05, 4.69) is 4.98 Å². The Morgan fingerprint density at radius 3 is 2.74 bits per heavy atom. The summed E-state index contributed by atoms with van der Waals surface area (Å²) in [5.41, 5.74) is 1.20. The molecule has 0 amide bonds. The van der Waals surface area contributed by atoms with Crippen molar-refractivity contribution < 1.29 is 23.1 Å². The first-order valence-electron chi connectivity index (χ1n) is 8.11. The number of hydrogen-bond acceptors (Lipinski definition) is 3. The molecule has 4 rings (SSSR count). The number of thiazole rings is 1. The van der Waals surface area contributed by atoms with Gasteiger partial charge in [-0.3, -0.25) is 0 Å². The lowest BCUT2D eigenvalue weighted by molar-refractivity contribution is -0.140. The SMILES string of the molecule is CC(C(=O)O)n1cc(Cc2nc3c(F)c(F)cc(F)c3s2)c2ccccc21. The molecular weight excluding hydrogens is 377 g/mol. The highest BCUT2D eigenvalue weighted by molar-refractivity contribution is 7.18. The van der Waals surface area contributed by atoms with Crippen LogP contribution in [-0.4, -0.2) is 20.6 Å². The molecule has 8 heteroatoms. The van der Waals surface area contributed by atoms with E-state index >= 15 is 0 Å². The van der Waals surface area contributed by atoms with Crippen LogP contribution in [0.3, 0.4) is 0 Å². The third-order valence-electron chi connectivity index (χ3n) is 4.50. The number of carbonyl (C=O) groups is 1. The molecule has 0 bridgehead atoms. The number of rotatable bonds is 4. The van der Waals surface area contributed by atoms with E-state index in [0.29, 0.717) is 11.1 Å². The predicted molar refractivity (Wildman–Crippen MR) is 96.6 cm³/mol. The summed E-state index contributed by atoms with van der Waals surface area (Å²) in [7, 11) is 0. The van der Waals surface area contributed by atoms with Gasteiger partial charge in [-0.05, 0) is 18.6 Å². The maximum Gasteiger partial charge on any atom is 0.326 e. The highest BCUT2D eigenvalue weighted by Gasteiger charge is 2.21. The highest BCUT2D eigenvalue weighted by atomic mass is 32.1. The molecule has 1 N–H and O–H groups in total. The molecule has 138 valence electrons. The Kier molecular flexibility index (Phi) is 4.15. The maximum absolute atomic E-state index is 13.9. The average Bonchev–Trinajstić information content (AvgIpc) is 3.22. The normalized spacial score (nSPS) is 12.7. The van der Waals surface area contributed by atoms with E-state index in [1.54, 1.807) is 17.7 Å². The van der Waals surface area contributed by atoms with E-state index in [0.717, 1.165) is 27.8 Å². The topological polar surface area (TPSA) is 55.1 Å². The third kappa shape index (κ3) is 2.86. The van der Waals surface area contributed by atoms with E-state index in [4.69, 9.17) is 0 Å². The lowest BCUT2D eigenvalue weighted by Crippen LogP contribution is -2.14. The van der Waals surface area contributed by atoms with Gasteiger partial charge in [-0.25, -0.2) is 22.9 Å². The van der Waals surface area contributed by atoms with Gasteiger partial charge < -0.3 is 9.67 Å². The summed E-state index contributed by atoms with van der Waals surface area (Å²) < 4.78 is 42.9. The van der Waals surface area contributed by atoms with Crippen molar-refractivity contribution in [2.24, 2.45) is 0 Å². The number of benzene rings is 2. The van der Waals surface area contributed by atoms with E-state index in [1.165, 1.54) is 0 Å². The Balaban J connectivity index is 1.83. The summed E-state index contributed by atoms with van der Waals surface area (Å²) in [6, 6.07) is 7.04. The fourth-order valence-electron chi connectivity index (χ4n) is 3.12. The molecule has 0 saturated heterocycles. The van der Waals surface area contributed by atoms with E-state index in [9.17, 15) is 23.1 Å². The summed E-state index contributed by atoms with van der Waals surface area (Å²) in [5, 5.41) is 10.6. The van der Waals surface area contributed by atoms with Crippen LogP contribution in [-0.2, 0) is 11.2 Å². The molecule has 0 spiro atoms. The lowest BCUT2D eigenvalue weighted by atomic mass is 10.1. The van der Waals surface area contributed by atoms with Crippen LogP contribution in [0.4, 0.5) is 13.2 Å². The molecule has 2 aromatic carbocycles. The van der Waals surface area contributed by atoms with E-state index < -0.39 is 29.5 Å². The third-order valence-corrected chi connectivity index (χ3v) is 5.56. The average molecular weight is 390 g/mol.